The summed E-state index contributed by atoms with van der Waals surface area (Å²) in [6, 6.07) is 0. The average molecular weight is 235 g/mol. The minimum Gasteiger partial charge on any atom is -0.340 e. The number of piperazine rings is 1. The second-order valence-corrected chi connectivity index (χ2v) is 4.73. The molecule has 2 N–H and O–H groups in total. The first-order chi connectivity index (χ1) is 8.34. The maximum Gasteiger partial charge on any atom is 0.226 e. The molecule has 2 aliphatic rings. The molecule has 1 aromatic heterocycles. The zero-order valence-corrected chi connectivity index (χ0v) is 9.78. The quantitative estimate of drug-likeness (QED) is 0.678. The van der Waals surface area contributed by atoms with E-state index in [0.29, 0.717) is 5.91 Å². The van der Waals surface area contributed by atoms with Crippen LogP contribution in [0.25, 0.3) is 0 Å². The Morgan fingerprint density at radius 2 is 2.00 bits per heavy atom. The number of aryl methyl sites for hydroxylation is 1. The molecule has 6 heteroatoms. The number of fused-ring (bicyclic) bond motifs is 1. The zero-order chi connectivity index (χ0) is 11.7. The number of hydrogen-bond donors (Lipinski definition) is 2. The second kappa shape index (κ2) is 4.44. The Bertz CT molecular complexity index is 410. The van der Waals surface area contributed by atoms with E-state index >= 15 is 0 Å². The molecule has 0 bridgehead atoms. The van der Waals surface area contributed by atoms with Crippen molar-refractivity contribution < 1.29 is 4.79 Å². The highest BCUT2D eigenvalue weighted by Crippen LogP contribution is 2.24. The smallest absolute Gasteiger partial charge is 0.226 e. The van der Waals surface area contributed by atoms with Crippen molar-refractivity contribution in [1.29, 1.82) is 0 Å². The van der Waals surface area contributed by atoms with Gasteiger partial charge in [0.15, 0.2) is 0 Å². The molecule has 1 aliphatic heterocycles. The molecule has 0 radical (unpaired) electrons. The summed E-state index contributed by atoms with van der Waals surface area (Å²) in [7, 11) is 0. The van der Waals surface area contributed by atoms with Crippen molar-refractivity contribution in [3.8, 4) is 0 Å². The average Bonchev–Trinajstić information content (AvgIpc) is 2.86. The molecule has 0 saturated carbocycles. The van der Waals surface area contributed by atoms with Crippen LogP contribution in [-0.4, -0.2) is 52.4 Å². The summed E-state index contributed by atoms with van der Waals surface area (Å²) in [6.45, 7) is 3.49. The summed E-state index contributed by atoms with van der Waals surface area (Å²) in [6.07, 6.45) is 2.52. The third kappa shape index (κ3) is 2.04. The van der Waals surface area contributed by atoms with E-state index in [-0.39, 0.29) is 5.92 Å². The number of hydrogen-bond acceptors (Lipinski definition) is 4. The summed E-state index contributed by atoms with van der Waals surface area (Å²) in [5.41, 5.74) is 2.01. The van der Waals surface area contributed by atoms with Crippen LogP contribution < -0.4 is 5.32 Å². The number of aromatic nitrogens is 3. The van der Waals surface area contributed by atoms with E-state index < -0.39 is 0 Å². The molecule has 1 aliphatic carbocycles. The fraction of sp³-hybridized carbons (Fsp3) is 0.727. The van der Waals surface area contributed by atoms with Crippen LogP contribution in [0.4, 0.5) is 0 Å². The lowest BCUT2D eigenvalue weighted by atomic mass is 9.88. The van der Waals surface area contributed by atoms with E-state index in [1.165, 1.54) is 0 Å². The molecule has 0 spiro atoms. The fourth-order valence-corrected chi connectivity index (χ4v) is 2.64. The van der Waals surface area contributed by atoms with Gasteiger partial charge in [0.05, 0.1) is 11.4 Å². The van der Waals surface area contributed by atoms with Crippen LogP contribution in [0.1, 0.15) is 17.8 Å². The first kappa shape index (κ1) is 10.7. The predicted molar refractivity (Wildman–Crippen MR) is 61.3 cm³/mol. The first-order valence-corrected chi connectivity index (χ1v) is 6.22. The van der Waals surface area contributed by atoms with E-state index in [0.717, 1.165) is 56.8 Å². The van der Waals surface area contributed by atoms with Gasteiger partial charge in [-0.25, -0.2) is 0 Å². The van der Waals surface area contributed by atoms with Crippen LogP contribution in [0.3, 0.4) is 0 Å². The summed E-state index contributed by atoms with van der Waals surface area (Å²) in [4.78, 5) is 14.3. The standard InChI is InChI=1S/C11H17N5O/c17-11(16-5-3-12-4-6-16)8-1-2-9-10(7-8)14-15-13-9/h8,12H,1-7H2,(H,13,14,15). The highest BCUT2D eigenvalue weighted by atomic mass is 16.2. The monoisotopic (exact) mass is 235 g/mol. The van der Waals surface area contributed by atoms with E-state index in [4.69, 9.17) is 0 Å². The molecular formula is C11H17N5O. The maximum absolute atomic E-state index is 12.3. The summed E-state index contributed by atoms with van der Waals surface area (Å²) in [5.74, 6) is 0.394. The highest BCUT2D eigenvalue weighted by molar-refractivity contribution is 5.79. The van der Waals surface area contributed by atoms with Crippen LogP contribution in [0, 0.1) is 5.92 Å². The molecule has 2 heterocycles. The number of carbonyl (C=O) groups excluding carboxylic acids is 1. The van der Waals surface area contributed by atoms with Crippen molar-refractivity contribution in [2.45, 2.75) is 19.3 Å². The van der Waals surface area contributed by atoms with Gasteiger partial charge in [-0.1, -0.05) is 0 Å². The predicted octanol–water partition coefficient (Wildman–Crippen LogP) is -0.659. The largest absolute Gasteiger partial charge is 0.340 e. The fourth-order valence-electron chi connectivity index (χ4n) is 2.64. The number of rotatable bonds is 1. The Labute approximate surface area is 99.8 Å². The summed E-state index contributed by atoms with van der Waals surface area (Å²) >= 11 is 0. The van der Waals surface area contributed by atoms with Gasteiger partial charge in [0.2, 0.25) is 5.91 Å². The van der Waals surface area contributed by atoms with Gasteiger partial charge in [0.1, 0.15) is 0 Å². The number of amides is 1. The van der Waals surface area contributed by atoms with Gasteiger partial charge >= 0.3 is 0 Å². The lowest BCUT2D eigenvalue weighted by Gasteiger charge is -2.31. The minimum atomic E-state index is 0.102. The Morgan fingerprint density at radius 1 is 1.24 bits per heavy atom. The molecule has 6 nitrogen and oxygen atoms in total. The molecule has 1 saturated heterocycles. The van der Waals surface area contributed by atoms with Gasteiger partial charge in [-0.15, -0.1) is 0 Å². The third-order valence-electron chi connectivity index (χ3n) is 3.65. The molecular weight excluding hydrogens is 218 g/mol. The van der Waals surface area contributed by atoms with Crippen LogP contribution in [0.5, 0.6) is 0 Å². The van der Waals surface area contributed by atoms with Crippen LogP contribution in [0.15, 0.2) is 0 Å². The van der Waals surface area contributed by atoms with Crippen molar-refractivity contribution in [2.24, 2.45) is 5.92 Å². The number of nitrogens with zero attached hydrogens (tertiary/aromatic N) is 3. The van der Waals surface area contributed by atoms with Crippen molar-refractivity contribution in [1.82, 2.24) is 25.6 Å². The van der Waals surface area contributed by atoms with Gasteiger partial charge in [-0.05, 0) is 12.8 Å². The summed E-state index contributed by atoms with van der Waals surface area (Å²) < 4.78 is 0. The maximum atomic E-state index is 12.3. The molecule has 1 fully saturated rings. The molecule has 1 unspecified atom stereocenters. The summed E-state index contributed by atoms with van der Waals surface area (Å²) in [5, 5.41) is 14.1. The van der Waals surface area contributed by atoms with Crippen LogP contribution in [0.2, 0.25) is 0 Å². The Morgan fingerprint density at radius 3 is 2.82 bits per heavy atom. The lowest BCUT2D eigenvalue weighted by molar-refractivity contribution is -0.136. The number of carbonyl (C=O) groups is 1. The Balaban J connectivity index is 1.67. The van der Waals surface area contributed by atoms with E-state index in [9.17, 15) is 4.79 Å². The van der Waals surface area contributed by atoms with Crippen molar-refractivity contribution in [3.05, 3.63) is 11.4 Å². The van der Waals surface area contributed by atoms with Crippen molar-refractivity contribution in [2.75, 3.05) is 26.2 Å². The van der Waals surface area contributed by atoms with Crippen molar-refractivity contribution >= 4 is 5.91 Å². The van der Waals surface area contributed by atoms with Gasteiger partial charge in [-0.3, -0.25) is 4.79 Å². The first-order valence-electron chi connectivity index (χ1n) is 6.22. The molecule has 92 valence electrons. The molecule has 17 heavy (non-hydrogen) atoms. The van der Waals surface area contributed by atoms with Crippen LogP contribution >= 0.6 is 0 Å². The molecule has 3 rings (SSSR count). The Hall–Kier alpha value is -1.43. The third-order valence-corrected chi connectivity index (χ3v) is 3.65. The van der Waals surface area contributed by atoms with E-state index in [2.05, 4.69) is 20.7 Å². The van der Waals surface area contributed by atoms with E-state index in [1.54, 1.807) is 0 Å². The lowest BCUT2D eigenvalue weighted by Crippen LogP contribution is -2.49. The molecule has 1 aromatic rings. The molecule has 1 amide bonds. The van der Waals surface area contributed by atoms with Crippen LogP contribution in [-0.2, 0) is 17.6 Å². The molecule has 0 aromatic carbocycles. The zero-order valence-electron chi connectivity index (χ0n) is 9.78. The second-order valence-electron chi connectivity index (χ2n) is 4.73. The van der Waals surface area contributed by atoms with Gasteiger partial charge in [0, 0.05) is 38.5 Å². The topological polar surface area (TPSA) is 73.9 Å². The molecule has 1 atom stereocenters. The highest BCUT2D eigenvalue weighted by Gasteiger charge is 2.30. The van der Waals surface area contributed by atoms with E-state index in [1.807, 2.05) is 4.90 Å². The SMILES string of the molecule is O=C(C1CCc2n[nH]nc2C1)N1CCNCC1. The van der Waals surface area contributed by atoms with Gasteiger partial charge in [-0.2, -0.15) is 15.4 Å². The van der Waals surface area contributed by atoms with Gasteiger partial charge in [0.25, 0.3) is 0 Å². The number of aromatic amines is 1. The number of H-pyrrole nitrogens is 1. The normalized spacial score (nSPS) is 24.5. The number of nitrogens with one attached hydrogen (secondary N) is 2. The minimum absolute atomic E-state index is 0.102. The van der Waals surface area contributed by atoms with Crippen molar-refractivity contribution in [3.63, 3.8) is 0 Å². The van der Waals surface area contributed by atoms with Gasteiger partial charge < -0.3 is 10.2 Å². The Kier molecular flexibility index (Phi) is 2.80.